The molecule has 206 valence electrons. The van der Waals surface area contributed by atoms with Crippen LogP contribution >= 0.6 is 0 Å². The SMILES string of the molecule is C=NCc1ccc(-n2c3ccccc3c3cc(-c4ccccc4-c4ccc5c(c4)C(C)(C)c4ccccc4-5)ccc32)cc1. The molecule has 0 spiro atoms. The molecule has 2 heteroatoms. The molecule has 0 atom stereocenters. The Morgan fingerprint density at radius 1 is 0.558 bits per heavy atom. The van der Waals surface area contributed by atoms with Crippen molar-refractivity contribution in [3.8, 4) is 39.1 Å². The predicted octanol–water partition coefficient (Wildman–Crippen LogP) is 10.6. The van der Waals surface area contributed by atoms with Gasteiger partial charge in [0.15, 0.2) is 0 Å². The van der Waals surface area contributed by atoms with Crippen molar-refractivity contribution >= 4 is 28.5 Å². The Morgan fingerprint density at radius 2 is 1.16 bits per heavy atom. The maximum absolute atomic E-state index is 4.04. The number of hydrogen-bond donors (Lipinski definition) is 0. The Balaban J connectivity index is 1.27. The van der Waals surface area contributed by atoms with Gasteiger partial charge in [-0.15, -0.1) is 0 Å². The minimum atomic E-state index is -0.0297. The first-order valence-corrected chi connectivity index (χ1v) is 14.9. The number of aromatic nitrogens is 1. The van der Waals surface area contributed by atoms with E-state index >= 15 is 0 Å². The maximum atomic E-state index is 4.04. The summed E-state index contributed by atoms with van der Waals surface area (Å²) in [6.07, 6.45) is 0. The van der Waals surface area contributed by atoms with Gasteiger partial charge in [-0.05, 0) is 93.2 Å². The number of nitrogens with zero attached hydrogens (tertiary/aromatic N) is 2. The second kappa shape index (κ2) is 9.68. The fraction of sp³-hybridized carbons (Fsp3) is 0.0976. The van der Waals surface area contributed by atoms with Crippen molar-refractivity contribution in [3.63, 3.8) is 0 Å². The molecule has 0 bridgehead atoms. The molecule has 1 aliphatic carbocycles. The van der Waals surface area contributed by atoms with Crippen LogP contribution < -0.4 is 0 Å². The molecular weight excluding hydrogens is 520 g/mol. The molecule has 0 fully saturated rings. The smallest absolute Gasteiger partial charge is 0.0632 e. The molecule has 1 heterocycles. The number of para-hydroxylation sites is 1. The minimum Gasteiger partial charge on any atom is -0.309 e. The van der Waals surface area contributed by atoms with Crippen LogP contribution in [0.25, 0.3) is 60.9 Å². The lowest BCUT2D eigenvalue weighted by molar-refractivity contribution is 0.660. The van der Waals surface area contributed by atoms with Crippen LogP contribution in [-0.4, -0.2) is 11.3 Å². The van der Waals surface area contributed by atoms with Crippen molar-refractivity contribution in [1.82, 2.24) is 4.57 Å². The fourth-order valence-electron chi connectivity index (χ4n) is 7.16. The molecule has 6 aromatic carbocycles. The summed E-state index contributed by atoms with van der Waals surface area (Å²) in [5.41, 5.74) is 15.2. The molecule has 7 aromatic rings. The molecule has 0 unspecified atom stereocenters. The molecule has 0 saturated carbocycles. The van der Waals surface area contributed by atoms with E-state index in [1.165, 1.54) is 66.3 Å². The zero-order valence-electron chi connectivity index (χ0n) is 24.5. The van der Waals surface area contributed by atoms with E-state index in [4.69, 9.17) is 0 Å². The van der Waals surface area contributed by atoms with Gasteiger partial charge in [0, 0.05) is 21.9 Å². The van der Waals surface area contributed by atoms with E-state index in [1.54, 1.807) is 0 Å². The number of fused-ring (bicyclic) bond motifs is 6. The predicted molar refractivity (Wildman–Crippen MR) is 182 cm³/mol. The summed E-state index contributed by atoms with van der Waals surface area (Å²) in [4.78, 5) is 4.04. The molecule has 1 aliphatic rings. The van der Waals surface area contributed by atoms with Crippen molar-refractivity contribution in [2.45, 2.75) is 25.8 Å². The number of rotatable bonds is 5. The number of hydrogen-bond acceptors (Lipinski definition) is 1. The fourth-order valence-corrected chi connectivity index (χ4v) is 7.16. The molecule has 0 aliphatic heterocycles. The molecule has 8 rings (SSSR count). The summed E-state index contributed by atoms with van der Waals surface area (Å²) in [6.45, 7) is 8.97. The third kappa shape index (κ3) is 3.90. The van der Waals surface area contributed by atoms with E-state index in [2.05, 4.69) is 164 Å². The van der Waals surface area contributed by atoms with Gasteiger partial charge in [0.25, 0.3) is 0 Å². The first-order valence-electron chi connectivity index (χ1n) is 14.9. The zero-order valence-corrected chi connectivity index (χ0v) is 24.5. The number of aliphatic imine (C=N–C) groups is 1. The quantitative estimate of drug-likeness (QED) is 0.189. The van der Waals surface area contributed by atoms with Gasteiger partial charge in [-0.3, -0.25) is 4.99 Å². The van der Waals surface area contributed by atoms with Crippen molar-refractivity contribution in [2.24, 2.45) is 4.99 Å². The van der Waals surface area contributed by atoms with Crippen LogP contribution in [0.15, 0.2) is 138 Å². The topological polar surface area (TPSA) is 17.3 Å². The number of benzene rings is 6. The van der Waals surface area contributed by atoms with Crippen LogP contribution in [0.5, 0.6) is 0 Å². The van der Waals surface area contributed by atoms with Crippen LogP contribution in [0.1, 0.15) is 30.5 Å². The molecule has 2 nitrogen and oxygen atoms in total. The summed E-state index contributed by atoms with van der Waals surface area (Å²) < 4.78 is 2.37. The highest BCUT2D eigenvalue weighted by Crippen LogP contribution is 2.50. The van der Waals surface area contributed by atoms with Gasteiger partial charge in [-0.25, -0.2) is 0 Å². The highest BCUT2D eigenvalue weighted by molar-refractivity contribution is 6.10. The summed E-state index contributed by atoms with van der Waals surface area (Å²) in [5, 5.41) is 2.51. The monoisotopic (exact) mass is 552 g/mol. The van der Waals surface area contributed by atoms with E-state index in [1.807, 2.05) is 0 Å². The summed E-state index contributed by atoms with van der Waals surface area (Å²) in [7, 11) is 0. The molecule has 1 aromatic heterocycles. The van der Waals surface area contributed by atoms with Gasteiger partial charge in [-0.2, -0.15) is 0 Å². The van der Waals surface area contributed by atoms with Crippen LogP contribution in [0.3, 0.4) is 0 Å². The molecule has 0 N–H and O–H groups in total. The lowest BCUT2D eigenvalue weighted by Crippen LogP contribution is -2.14. The summed E-state index contributed by atoms with van der Waals surface area (Å²) >= 11 is 0. The van der Waals surface area contributed by atoms with Gasteiger partial charge in [0.05, 0.1) is 17.6 Å². The van der Waals surface area contributed by atoms with E-state index in [0.29, 0.717) is 6.54 Å². The van der Waals surface area contributed by atoms with Crippen LogP contribution in [0.4, 0.5) is 0 Å². The van der Waals surface area contributed by atoms with Crippen molar-refractivity contribution in [2.75, 3.05) is 0 Å². The minimum absolute atomic E-state index is 0.0297. The Hall–Kier alpha value is -5.21. The molecule has 0 radical (unpaired) electrons. The Morgan fingerprint density at radius 3 is 1.93 bits per heavy atom. The Bertz CT molecular complexity index is 2190. The normalized spacial score (nSPS) is 13.3. The lowest BCUT2D eigenvalue weighted by atomic mass is 9.81. The highest BCUT2D eigenvalue weighted by Gasteiger charge is 2.35. The van der Waals surface area contributed by atoms with Crippen molar-refractivity contribution in [3.05, 3.63) is 150 Å². The third-order valence-electron chi connectivity index (χ3n) is 9.29. The zero-order chi connectivity index (χ0) is 29.1. The van der Waals surface area contributed by atoms with Gasteiger partial charge in [0.1, 0.15) is 0 Å². The Labute approximate surface area is 252 Å². The maximum Gasteiger partial charge on any atom is 0.0632 e. The lowest BCUT2D eigenvalue weighted by Gasteiger charge is -2.22. The van der Waals surface area contributed by atoms with Gasteiger partial charge < -0.3 is 4.57 Å². The Kier molecular flexibility index (Phi) is 5.74. The summed E-state index contributed by atoms with van der Waals surface area (Å²) in [6, 6.07) is 49.0. The van der Waals surface area contributed by atoms with E-state index < -0.39 is 0 Å². The third-order valence-corrected chi connectivity index (χ3v) is 9.29. The standard InChI is InChI=1S/C41H32N2/c1-41(2)37-14-8-6-12-33(37)34-22-18-29(25-38(34)41)32-11-5-4-10-31(32)28-19-23-40-36(24-28)35-13-7-9-15-39(35)43(40)30-20-16-27(17-21-30)26-42-3/h4-25H,3,26H2,1-2H3. The first kappa shape index (κ1) is 25.5. The van der Waals surface area contributed by atoms with Gasteiger partial charge in [0.2, 0.25) is 0 Å². The van der Waals surface area contributed by atoms with Gasteiger partial charge in [-0.1, -0.05) is 111 Å². The average Bonchev–Trinajstić information content (AvgIpc) is 3.50. The largest absolute Gasteiger partial charge is 0.309 e. The van der Waals surface area contributed by atoms with E-state index in [0.717, 1.165) is 11.3 Å². The molecular formula is C41H32N2. The van der Waals surface area contributed by atoms with E-state index in [9.17, 15) is 0 Å². The molecule has 0 saturated heterocycles. The van der Waals surface area contributed by atoms with Gasteiger partial charge >= 0.3 is 0 Å². The van der Waals surface area contributed by atoms with Crippen LogP contribution in [0.2, 0.25) is 0 Å². The average molecular weight is 553 g/mol. The second-order valence-corrected chi connectivity index (χ2v) is 12.1. The van der Waals surface area contributed by atoms with Crippen LogP contribution in [0, 0.1) is 0 Å². The second-order valence-electron chi connectivity index (χ2n) is 12.1. The molecule has 43 heavy (non-hydrogen) atoms. The van der Waals surface area contributed by atoms with Crippen molar-refractivity contribution < 1.29 is 0 Å². The summed E-state index contributed by atoms with van der Waals surface area (Å²) in [5.74, 6) is 0. The highest BCUT2D eigenvalue weighted by atomic mass is 15.0. The van der Waals surface area contributed by atoms with Crippen LogP contribution in [-0.2, 0) is 12.0 Å². The molecule has 0 amide bonds. The van der Waals surface area contributed by atoms with E-state index in [-0.39, 0.29) is 5.41 Å². The van der Waals surface area contributed by atoms with Crippen molar-refractivity contribution in [1.29, 1.82) is 0 Å². The first-order chi connectivity index (χ1) is 21.0.